The number of aliphatic hydroxyl groups excluding tert-OH is 1. The second-order valence-electron chi connectivity index (χ2n) is 6.11. The number of fused-ring (bicyclic) bond motifs is 1. The van der Waals surface area contributed by atoms with E-state index in [-0.39, 0.29) is 17.5 Å². The summed E-state index contributed by atoms with van der Waals surface area (Å²) in [5, 5.41) is 14.1. The van der Waals surface area contributed by atoms with Crippen LogP contribution in [0, 0.1) is 0 Å². The van der Waals surface area contributed by atoms with Crippen molar-refractivity contribution in [2.24, 2.45) is 15.9 Å². The van der Waals surface area contributed by atoms with Gasteiger partial charge in [-0.05, 0) is 51.4 Å². The van der Waals surface area contributed by atoms with Crippen LogP contribution in [0.5, 0.6) is 0 Å². The number of hydrogen-bond donors (Lipinski definition) is 2. The summed E-state index contributed by atoms with van der Waals surface area (Å²) in [5.41, 5.74) is 2.07. The first-order chi connectivity index (χ1) is 10.6. The van der Waals surface area contributed by atoms with Gasteiger partial charge in [-0.15, -0.1) is 0 Å². The Balaban J connectivity index is 1.94. The maximum atomic E-state index is 12.5. The maximum Gasteiger partial charge on any atom is 0.215 e. The number of hydrazone groups is 1. The van der Waals surface area contributed by atoms with Crippen LogP contribution in [-0.4, -0.2) is 59.5 Å². The number of Topliss-reactive ketones (excluding diaryl/α,β-unsaturated/α-hetero) is 1. The Bertz CT molecular complexity index is 595. The van der Waals surface area contributed by atoms with Crippen LogP contribution in [-0.2, 0) is 4.79 Å². The van der Waals surface area contributed by atoms with Gasteiger partial charge in [-0.1, -0.05) is 12.2 Å². The molecule has 0 aromatic heterocycles. The highest BCUT2D eigenvalue weighted by molar-refractivity contribution is 6.73. The molecular formula is C16H22N4O2. The molecule has 3 aliphatic rings. The Labute approximate surface area is 130 Å². The van der Waals surface area contributed by atoms with Gasteiger partial charge >= 0.3 is 0 Å². The largest absolute Gasteiger partial charge is 0.380 e. The van der Waals surface area contributed by atoms with Gasteiger partial charge in [0.1, 0.15) is 17.5 Å². The fraction of sp³-hybridized carbons (Fsp3) is 0.562. The minimum Gasteiger partial charge on any atom is -0.380 e. The van der Waals surface area contributed by atoms with Gasteiger partial charge in [-0.25, -0.2) is 0 Å². The lowest BCUT2D eigenvalue weighted by molar-refractivity contribution is -0.118. The van der Waals surface area contributed by atoms with E-state index in [9.17, 15) is 9.90 Å². The predicted molar refractivity (Wildman–Crippen MR) is 86.0 cm³/mol. The smallest absolute Gasteiger partial charge is 0.215 e. The molecule has 2 aliphatic carbocycles. The summed E-state index contributed by atoms with van der Waals surface area (Å²) in [6, 6.07) is 0.0915. The molecule has 1 aliphatic heterocycles. The normalized spacial score (nSPS) is 31.2. The number of aliphatic hydroxyl groups is 1. The standard InChI is InChI=1S/C16H22N4O2/c1-20-8-6-10(7-9-20)18-14-13(19-17)11-4-2-3-5-12(11)15(21)16(14)22/h4-5,10,15,21H,2-3,6-9,17H2,1H3. The van der Waals surface area contributed by atoms with E-state index in [1.165, 1.54) is 0 Å². The highest BCUT2D eigenvalue weighted by atomic mass is 16.3. The summed E-state index contributed by atoms with van der Waals surface area (Å²) < 4.78 is 0. The van der Waals surface area contributed by atoms with Crippen LogP contribution in [0.4, 0.5) is 0 Å². The van der Waals surface area contributed by atoms with Crippen molar-refractivity contribution in [3.05, 3.63) is 23.3 Å². The van der Waals surface area contributed by atoms with Crippen LogP contribution in [0.2, 0.25) is 0 Å². The minimum atomic E-state index is -1.14. The van der Waals surface area contributed by atoms with Crippen LogP contribution >= 0.6 is 0 Å². The first kappa shape index (κ1) is 15.1. The molecule has 1 heterocycles. The highest BCUT2D eigenvalue weighted by Crippen LogP contribution is 2.29. The van der Waals surface area contributed by atoms with Crippen molar-refractivity contribution in [2.75, 3.05) is 20.1 Å². The van der Waals surface area contributed by atoms with Gasteiger partial charge in [0, 0.05) is 5.57 Å². The van der Waals surface area contributed by atoms with E-state index in [2.05, 4.69) is 22.0 Å². The Morgan fingerprint density at radius 3 is 2.59 bits per heavy atom. The van der Waals surface area contributed by atoms with E-state index < -0.39 is 6.10 Å². The monoisotopic (exact) mass is 302 g/mol. The maximum absolute atomic E-state index is 12.5. The van der Waals surface area contributed by atoms with Crippen LogP contribution in [0.3, 0.4) is 0 Å². The van der Waals surface area contributed by atoms with Crippen LogP contribution < -0.4 is 5.84 Å². The fourth-order valence-electron chi connectivity index (χ4n) is 3.26. The second-order valence-corrected chi connectivity index (χ2v) is 6.11. The number of carbonyl (C=O) groups is 1. The first-order valence-electron chi connectivity index (χ1n) is 7.79. The number of nitrogens with two attached hydrogens (primary N) is 1. The molecule has 0 spiro atoms. The number of likely N-dealkylation sites (tertiary alicyclic amines) is 1. The number of carbonyl (C=O) groups excluding carboxylic acids is 1. The third-order valence-corrected chi connectivity index (χ3v) is 4.57. The van der Waals surface area contributed by atoms with Crippen molar-refractivity contribution >= 4 is 17.2 Å². The molecule has 6 nitrogen and oxygen atoms in total. The van der Waals surface area contributed by atoms with Crippen LogP contribution in [0.25, 0.3) is 0 Å². The van der Waals surface area contributed by atoms with Gasteiger partial charge in [0.05, 0.1) is 6.04 Å². The van der Waals surface area contributed by atoms with Gasteiger partial charge in [0.15, 0.2) is 0 Å². The number of hydrogen-bond acceptors (Lipinski definition) is 6. The highest BCUT2D eigenvalue weighted by Gasteiger charge is 2.39. The number of rotatable bonds is 1. The average molecular weight is 302 g/mol. The average Bonchev–Trinajstić information content (AvgIpc) is 2.55. The minimum absolute atomic E-state index is 0.0915. The van der Waals surface area contributed by atoms with E-state index in [4.69, 9.17) is 5.84 Å². The third kappa shape index (κ3) is 2.64. The number of allylic oxidation sites excluding steroid dienone is 2. The summed E-state index contributed by atoms with van der Waals surface area (Å²) in [5.74, 6) is 5.15. The lowest BCUT2D eigenvalue weighted by Crippen LogP contribution is -2.45. The molecule has 1 atom stereocenters. The van der Waals surface area contributed by atoms with Gasteiger partial charge in [-0.2, -0.15) is 5.10 Å². The summed E-state index contributed by atoms with van der Waals surface area (Å²) >= 11 is 0. The number of aliphatic imine (C=N–C) groups is 1. The molecule has 1 saturated carbocycles. The zero-order valence-electron chi connectivity index (χ0n) is 12.8. The van der Waals surface area contributed by atoms with Crippen molar-refractivity contribution < 1.29 is 9.90 Å². The Hall–Kier alpha value is -1.79. The van der Waals surface area contributed by atoms with E-state index in [1.54, 1.807) is 0 Å². The van der Waals surface area contributed by atoms with Gasteiger partial charge in [0.25, 0.3) is 0 Å². The SMILES string of the molecule is CN1CCC(N=C2C(=O)C(O)C3=CCCC=C3C2=NN)CC1. The molecule has 3 rings (SSSR count). The van der Waals surface area contributed by atoms with Gasteiger partial charge in [0.2, 0.25) is 5.78 Å². The zero-order chi connectivity index (χ0) is 15.7. The molecule has 0 aromatic carbocycles. The van der Waals surface area contributed by atoms with Crippen molar-refractivity contribution in [1.29, 1.82) is 0 Å². The number of piperidine rings is 1. The molecule has 118 valence electrons. The quantitative estimate of drug-likeness (QED) is 0.543. The molecule has 0 bridgehead atoms. The van der Waals surface area contributed by atoms with Gasteiger partial charge in [-0.3, -0.25) is 9.79 Å². The summed E-state index contributed by atoms with van der Waals surface area (Å²) in [4.78, 5) is 19.3. The van der Waals surface area contributed by atoms with Gasteiger partial charge < -0.3 is 15.8 Å². The van der Waals surface area contributed by atoms with E-state index in [0.29, 0.717) is 11.3 Å². The molecule has 1 saturated heterocycles. The molecule has 3 N–H and O–H groups in total. The van der Waals surface area contributed by atoms with E-state index in [0.717, 1.165) is 44.3 Å². The lowest BCUT2D eigenvalue weighted by Gasteiger charge is -2.30. The molecule has 2 fully saturated rings. The van der Waals surface area contributed by atoms with Crippen molar-refractivity contribution in [1.82, 2.24) is 4.90 Å². The predicted octanol–water partition coefficient (Wildman–Crippen LogP) is 0.426. The zero-order valence-corrected chi connectivity index (χ0v) is 12.8. The van der Waals surface area contributed by atoms with Crippen LogP contribution in [0.15, 0.2) is 33.4 Å². The lowest BCUT2D eigenvalue weighted by atomic mass is 9.79. The molecule has 22 heavy (non-hydrogen) atoms. The second kappa shape index (κ2) is 6.14. The van der Waals surface area contributed by atoms with Crippen LogP contribution in [0.1, 0.15) is 25.7 Å². The molecular weight excluding hydrogens is 280 g/mol. The fourth-order valence-corrected chi connectivity index (χ4v) is 3.26. The topological polar surface area (TPSA) is 91.3 Å². The van der Waals surface area contributed by atoms with Crippen molar-refractivity contribution in [3.63, 3.8) is 0 Å². The summed E-state index contributed by atoms with van der Waals surface area (Å²) in [6.07, 6.45) is 6.24. The Morgan fingerprint density at radius 2 is 1.91 bits per heavy atom. The van der Waals surface area contributed by atoms with E-state index >= 15 is 0 Å². The molecule has 0 amide bonds. The number of ketones is 1. The van der Waals surface area contributed by atoms with Crippen molar-refractivity contribution in [2.45, 2.75) is 37.8 Å². The molecule has 0 aromatic rings. The third-order valence-electron chi connectivity index (χ3n) is 4.57. The summed E-state index contributed by atoms with van der Waals surface area (Å²) in [7, 11) is 2.08. The first-order valence-corrected chi connectivity index (χ1v) is 7.79. The molecule has 1 unspecified atom stereocenters. The Morgan fingerprint density at radius 1 is 1.23 bits per heavy atom. The van der Waals surface area contributed by atoms with Crippen molar-refractivity contribution in [3.8, 4) is 0 Å². The number of nitrogens with zero attached hydrogens (tertiary/aromatic N) is 3. The van der Waals surface area contributed by atoms with E-state index in [1.807, 2.05) is 12.2 Å². The Kier molecular flexibility index (Phi) is 4.22. The molecule has 0 radical (unpaired) electrons. The summed E-state index contributed by atoms with van der Waals surface area (Å²) in [6.45, 7) is 1.92. The molecule has 6 heteroatoms.